The van der Waals surface area contributed by atoms with E-state index in [0.29, 0.717) is 13.1 Å². The van der Waals surface area contributed by atoms with Gasteiger partial charge >= 0.3 is 12.2 Å². The number of carbonyl (C=O) groups excluding carboxylic acids is 2. The maximum absolute atomic E-state index is 11.8. The molecule has 0 aromatic rings. The zero-order valence-electron chi connectivity index (χ0n) is 19.7. The molecule has 0 spiro atoms. The molecule has 2 aliphatic heterocycles. The lowest BCUT2D eigenvalue weighted by Gasteiger charge is -2.35. The van der Waals surface area contributed by atoms with Gasteiger partial charge in [0.05, 0.1) is 0 Å². The first kappa shape index (κ1) is 26.5. The van der Waals surface area contributed by atoms with Crippen LogP contribution in [-0.2, 0) is 9.47 Å². The first-order valence-electron chi connectivity index (χ1n) is 10.9. The summed E-state index contributed by atoms with van der Waals surface area (Å²) < 4.78 is 10.6. The molecule has 2 rings (SSSR count). The van der Waals surface area contributed by atoms with Gasteiger partial charge in [0, 0.05) is 65.5 Å². The maximum atomic E-state index is 11.8. The van der Waals surface area contributed by atoms with E-state index in [2.05, 4.69) is 10.2 Å². The van der Waals surface area contributed by atoms with E-state index in [0.717, 1.165) is 52.2 Å². The summed E-state index contributed by atoms with van der Waals surface area (Å²) in [7, 11) is 0. The maximum Gasteiger partial charge on any atom is 0.410 e. The largest absolute Gasteiger partial charge is 0.444 e. The Bertz CT molecular complexity index is 516. The molecule has 0 unspecified atom stereocenters. The molecule has 0 radical (unpaired) electrons. The van der Waals surface area contributed by atoms with E-state index in [1.165, 1.54) is 0 Å². The molecular weight excluding hydrogens is 388 g/mol. The topological polar surface area (TPSA) is 94.6 Å². The van der Waals surface area contributed by atoms with Gasteiger partial charge in [-0.3, -0.25) is 4.90 Å². The van der Waals surface area contributed by atoms with Crippen molar-refractivity contribution < 1.29 is 24.2 Å². The minimum absolute atomic E-state index is 0.200. The molecule has 2 amide bonds. The van der Waals surface area contributed by atoms with Crippen LogP contribution < -0.4 is 5.32 Å². The number of hydrogen-bond acceptors (Lipinski definition) is 7. The second-order valence-corrected chi connectivity index (χ2v) is 9.60. The third kappa shape index (κ3) is 11.6. The Labute approximate surface area is 181 Å². The number of carbonyl (C=O) groups is 2. The fourth-order valence-electron chi connectivity index (χ4n) is 2.95. The molecule has 2 fully saturated rings. The van der Waals surface area contributed by atoms with E-state index in [9.17, 15) is 9.59 Å². The fourth-order valence-corrected chi connectivity index (χ4v) is 2.95. The highest BCUT2D eigenvalue weighted by molar-refractivity contribution is 5.68. The molecule has 0 atom stereocenters. The van der Waals surface area contributed by atoms with Gasteiger partial charge in [0.1, 0.15) is 11.2 Å². The van der Waals surface area contributed by atoms with Gasteiger partial charge in [-0.25, -0.2) is 9.59 Å². The summed E-state index contributed by atoms with van der Waals surface area (Å²) in [6.45, 7) is 18.8. The number of piperazine rings is 2. The van der Waals surface area contributed by atoms with Gasteiger partial charge in [-0.15, -0.1) is 0 Å². The first-order chi connectivity index (χ1) is 13.9. The molecule has 0 aromatic carbocycles. The van der Waals surface area contributed by atoms with Crippen LogP contribution in [0.1, 0.15) is 48.0 Å². The van der Waals surface area contributed by atoms with Crippen molar-refractivity contribution in [2.24, 2.45) is 0 Å². The SMILES string of the molecule is CC(C)(C)OC(=O)N1CCN(CCCO)CC1.CC(C)(C)OC(=O)N1CCNCC1. The average Bonchev–Trinajstić information content (AvgIpc) is 2.65. The van der Waals surface area contributed by atoms with Crippen molar-refractivity contribution in [2.75, 3.05) is 65.5 Å². The number of hydrogen-bond donors (Lipinski definition) is 2. The Morgan fingerprint density at radius 2 is 1.23 bits per heavy atom. The zero-order valence-corrected chi connectivity index (χ0v) is 19.7. The summed E-state index contributed by atoms with van der Waals surface area (Å²) in [6, 6.07) is 0. The van der Waals surface area contributed by atoms with E-state index in [1.807, 2.05) is 41.5 Å². The third-order valence-corrected chi connectivity index (χ3v) is 4.43. The van der Waals surface area contributed by atoms with Crippen molar-refractivity contribution in [3.8, 4) is 0 Å². The van der Waals surface area contributed by atoms with E-state index < -0.39 is 5.60 Å². The predicted octanol–water partition coefficient (Wildman–Crippen LogP) is 1.75. The smallest absolute Gasteiger partial charge is 0.410 e. The Morgan fingerprint density at radius 1 is 0.800 bits per heavy atom. The highest BCUT2D eigenvalue weighted by Gasteiger charge is 2.25. The second kappa shape index (κ2) is 12.3. The summed E-state index contributed by atoms with van der Waals surface area (Å²) in [5.74, 6) is 0. The molecule has 0 aliphatic carbocycles. The van der Waals surface area contributed by atoms with Crippen molar-refractivity contribution in [1.29, 1.82) is 0 Å². The summed E-state index contributed by atoms with van der Waals surface area (Å²) >= 11 is 0. The van der Waals surface area contributed by atoms with Gasteiger partial charge in [0.2, 0.25) is 0 Å². The van der Waals surface area contributed by atoms with Gasteiger partial charge in [-0.2, -0.15) is 0 Å². The number of nitrogens with zero attached hydrogens (tertiary/aromatic N) is 3. The number of nitrogens with one attached hydrogen (secondary N) is 1. The molecule has 9 heteroatoms. The van der Waals surface area contributed by atoms with Crippen molar-refractivity contribution >= 4 is 12.2 Å². The Kier molecular flexibility index (Phi) is 10.9. The van der Waals surface area contributed by atoms with Gasteiger partial charge in [-0.05, 0) is 48.0 Å². The van der Waals surface area contributed by atoms with Gasteiger partial charge in [0.25, 0.3) is 0 Å². The summed E-state index contributed by atoms with van der Waals surface area (Å²) in [4.78, 5) is 29.0. The number of rotatable bonds is 3. The number of ether oxygens (including phenoxy) is 2. The minimum Gasteiger partial charge on any atom is -0.444 e. The first-order valence-corrected chi connectivity index (χ1v) is 10.9. The Morgan fingerprint density at radius 3 is 1.63 bits per heavy atom. The van der Waals surface area contributed by atoms with Crippen LogP contribution in [0.5, 0.6) is 0 Å². The van der Waals surface area contributed by atoms with Crippen LogP contribution in [-0.4, -0.2) is 109 Å². The normalized spacial score (nSPS) is 18.4. The molecular formula is C21H42N4O5. The third-order valence-electron chi connectivity index (χ3n) is 4.43. The van der Waals surface area contributed by atoms with Gasteiger partial charge in [0.15, 0.2) is 0 Å². The zero-order chi connectivity index (χ0) is 22.8. The van der Waals surface area contributed by atoms with Crippen LogP contribution in [0.3, 0.4) is 0 Å². The summed E-state index contributed by atoms with van der Waals surface area (Å²) in [5, 5.41) is 11.9. The minimum atomic E-state index is -0.425. The quantitative estimate of drug-likeness (QED) is 0.704. The Balaban J connectivity index is 0.000000311. The average molecular weight is 431 g/mol. The molecule has 2 aliphatic rings. The van der Waals surface area contributed by atoms with Crippen molar-refractivity contribution in [2.45, 2.75) is 59.2 Å². The van der Waals surface area contributed by atoms with Crippen LogP contribution in [0, 0.1) is 0 Å². The van der Waals surface area contributed by atoms with Crippen LogP contribution in [0.4, 0.5) is 9.59 Å². The van der Waals surface area contributed by atoms with E-state index in [1.54, 1.807) is 9.80 Å². The van der Waals surface area contributed by atoms with Gasteiger partial charge < -0.3 is 29.7 Å². The summed E-state index contributed by atoms with van der Waals surface area (Å²) in [5.41, 5.74) is -0.812. The monoisotopic (exact) mass is 430 g/mol. The highest BCUT2D eigenvalue weighted by atomic mass is 16.6. The lowest BCUT2D eigenvalue weighted by molar-refractivity contribution is 0.0140. The number of aliphatic hydroxyl groups excluding tert-OH is 1. The standard InChI is InChI=1S/C12H24N2O3.C9H18N2O2/c1-12(2,3)17-11(16)14-8-6-13(7-9-14)5-4-10-15;1-9(2,3)13-8(12)11-6-4-10-5-7-11/h15H,4-10H2,1-3H3;10H,4-7H2,1-3H3. The molecule has 176 valence electrons. The number of amides is 2. The molecule has 9 nitrogen and oxygen atoms in total. The molecule has 2 heterocycles. The lowest BCUT2D eigenvalue weighted by Crippen LogP contribution is -2.50. The van der Waals surface area contributed by atoms with Crippen LogP contribution >= 0.6 is 0 Å². The van der Waals surface area contributed by atoms with Crippen LogP contribution in [0.2, 0.25) is 0 Å². The van der Waals surface area contributed by atoms with Crippen LogP contribution in [0.15, 0.2) is 0 Å². The van der Waals surface area contributed by atoms with E-state index >= 15 is 0 Å². The highest BCUT2D eigenvalue weighted by Crippen LogP contribution is 2.12. The van der Waals surface area contributed by atoms with E-state index in [-0.39, 0.29) is 24.4 Å². The van der Waals surface area contributed by atoms with Crippen molar-refractivity contribution in [3.05, 3.63) is 0 Å². The molecule has 30 heavy (non-hydrogen) atoms. The lowest BCUT2D eigenvalue weighted by atomic mass is 10.2. The molecule has 2 N–H and O–H groups in total. The van der Waals surface area contributed by atoms with Crippen LogP contribution in [0.25, 0.3) is 0 Å². The molecule has 0 saturated carbocycles. The van der Waals surface area contributed by atoms with Crippen molar-refractivity contribution in [1.82, 2.24) is 20.0 Å². The predicted molar refractivity (Wildman–Crippen MR) is 117 cm³/mol. The van der Waals surface area contributed by atoms with Gasteiger partial charge in [-0.1, -0.05) is 0 Å². The second-order valence-electron chi connectivity index (χ2n) is 9.60. The fraction of sp³-hybridized carbons (Fsp3) is 0.905. The van der Waals surface area contributed by atoms with Crippen molar-refractivity contribution in [3.63, 3.8) is 0 Å². The molecule has 0 aromatic heterocycles. The molecule has 0 bridgehead atoms. The summed E-state index contributed by atoms with van der Waals surface area (Å²) in [6.07, 6.45) is 0.375. The molecule has 2 saturated heterocycles. The number of aliphatic hydroxyl groups is 1. The Hall–Kier alpha value is -1.58. The van der Waals surface area contributed by atoms with E-state index in [4.69, 9.17) is 14.6 Å².